The van der Waals surface area contributed by atoms with Crippen LogP contribution in [0.15, 0.2) is 11.4 Å². The number of thiophene rings is 1. The Morgan fingerprint density at radius 1 is 1.53 bits per heavy atom. The van der Waals surface area contributed by atoms with Crippen molar-refractivity contribution in [2.45, 2.75) is 26.3 Å². The zero-order valence-electron chi connectivity index (χ0n) is 11.5. The lowest BCUT2D eigenvalue weighted by Gasteiger charge is -2.22. The van der Waals surface area contributed by atoms with Gasteiger partial charge in [0.15, 0.2) is 0 Å². The van der Waals surface area contributed by atoms with Crippen LogP contribution in [0.25, 0.3) is 0 Å². The second-order valence-electron chi connectivity index (χ2n) is 5.07. The molecule has 1 aromatic heterocycles. The second kappa shape index (κ2) is 7.03. The molecular weight excluding hydrogens is 262 g/mol. The van der Waals surface area contributed by atoms with Gasteiger partial charge in [-0.25, -0.2) is 4.79 Å². The Bertz CT molecular complexity index is 417. The van der Waals surface area contributed by atoms with Crippen LogP contribution in [-0.2, 0) is 20.7 Å². The molecule has 0 aromatic carbocycles. The van der Waals surface area contributed by atoms with E-state index in [1.807, 2.05) is 11.4 Å². The third-order valence-electron chi connectivity index (χ3n) is 2.95. The van der Waals surface area contributed by atoms with E-state index in [0.717, 1.165) is 18.5 Å². The van der Waals surface area contributed by atoms with Crippen molar-refractivity contribution in [3.8, 4) is 0 Å². The highest BCUT2D eigenvalue weighted by atomic mass is 32.1. The van der Waals surface area contributed by atoms with Gasteiger partial charge in [0.1, 0.15) is 12.6 Å². The van der Waals surface area contributed by atoms with Crippen LogP contribution >= 0.6 is 11.3 Å². The van der Waals surface area contributed by atoms with Crippen molar-refractivity contribution >= 4 is 17.3 Å². The molecule has 0 fully saturated rings. The molecule has 19 heavy (non-hydrogen) atoms. The minimum Gasteiger partial charge on any atom is -0.462 e. The predicted molar refractivity (Wildman–Crippen MR) is 75.4 cm³/mol. The van der Waals surface area contributed by atoms with Crippen molar-refractivity contribution in [1.82, 2.24) is 5.32 Å². The van der Waals surface area contributed by atoms with Gasteiger partial charge in [-0.15, -0.1) is 11.3 Å². The Balaban J connectivity index is 1.76. The highest BCUT2D eigenvalue weighted by Crippen LogP contribution is 2.28. The van der Waals surface area contributed by atoms with Crippen molar-refractivity contribution < 1.29 is 14.3 Å². The number of fused-ring (bicyclic) bond motifs is 1. The summed E-state index contributed by atoms with van der Waals surface area (Å²) >= 11 is 1.71. The highest BCUT2D eigenvalue weighted by molar-refractivity contribution is 7.10. The lowest BCUT2D eigenvalue weighted by Crippen LogP contribution is -2.35. The molecule has 0 radical (unpaired) electrons. The van der Waals surface area contributed by atoms with Crippen LogP contribution in [0, 0.1) is 5.92 Å². The van der Waals surface area contributed by atoms with E-state index < -0.39 is 0 Å². The minimum atomic E-state index is -0.305. The zero-order valence-corrected chi connectivity index (χ0v) is 12.3. The first-order valence-electron chi connectivity index (χ1n) is 6.72. The van der Waals surface area contributed by atoms with Gasteiger partial charge in [-0.3, -0.25) is 0 Å². The largest absolute Gasteiger partial charge is 0.462 e. The van der Waals surface area contributed by atoms with Gasteiger partial charge in [-0.1, -0.05) is 13.8 Å². The lowest BCUT2D eigenvalue weighted by atomic mass is 10.0. The molecule has 1 aromatic rings. The number of ether oxygens (including phenoxy) is 2. The maximum Gasteiger partial charge on any atom is 0.327 e. The summed E-state index contributed by atoms with van der Waals surface area (Å²) in [5, 5.41) is 5.24. The van der Waals surface area contributed by atoms with E-state index in [1.165, 1.54) is 4.88 Å². The molecule has 1 N–H and O–H groups in total. The fraction of sp³-hybridized carbons (Fsp3) is 0.643. The first kappa shape index (κ1) is 14.5. The standard InChI is InChI=1S/C14H21NO3S/c1-10(2)9-17-6-7-18-14(16)13-11-4-8-19-12(11)3-5-15-13/h4,8,10,13,15H,3,5-7,9H2,1-2H3. The number of rotatable bonds is 6. The molecule has 1 aliphatic heterocycles. The normalized spacial score (nSPS) is 18.4. The van der Waals surface area contributed by atoms with Gasteiger partial charge in [0, 0.05) is 18.0 Å². The van der Waals surface area contributed by atoms with Gasteiger partial charge < -0.3 is 14.8 Å². The molecule has 0 saturated heterocycles. The number of esters is 1. The van der Waals surface area contributed by atoms with E-state index in [9.17, 15) is 4.79 Å². The Labute approximate surface area is 118 Å². The third kappa shape index (κ3) is 4.03. The first-order valence-corrected chi connectivity index (χ1v) is 7.60. The summed E-state index contributed by atoms with van der Waals surface area (Å²) in [7, 11) is 0. The fourth-order valence-corrected chi connectivity index (χ4v) is 2.99. The Morgan fingerprint density at radius 2 is 2.37 bits per heavy atom. The van der Waals surface area contributed by atoms with Gasteiger partial charge in [0.25, 0.3) is 0 Å². The summed E-state index contributed by atoms with van der Waals surface area (Å²) in [6.07, 6.45) is 0.994. The molecule has 5 heteroatoms. The smallest absolute Gasteiger partial charge is 0.327 e. The van der Waals surface area contributed by atoms with Crippen LogP contribution in [0.2, 0.25) is 0 Å². The molecule has 0 saturated carbocycles. The van der Waals surface area contributed by atoms with E-state index >= 15 is 0 Å². The number of carbonyl (C=O) groups is 1. The first-order chi connectivity index (χ1) is 9.18. The molecule has 106 valence electrons. The number of carbonyl (C=O) groups excluding carboxylic acids is 1. The van der Waals surface area contributed by atoms with Crippen LogP contribution in [0.4, 0.5) is 0 Å². The van der Waals surface area contributed by atoms with E-state index in [0.29, 0.717) is 25.7 Å². The number of nitrogens with one attached hydrogen (secondary N) is 1. The van der Waals surface area contributed by atoms with Crippen LogP contribution in [-0.4, -0.2) is 32.3 Å². The summed E-state index contributed by atoms with van der Waals surface area (Å²) in [5.74, 6) is 0.302. The molecule has 4 nitrogen and oxygen atoms in total. The summed E-state index contributed by atoms with van der Waals surface area (Å²) in [6.45, 7) is 6.51. The highest BCUT2D eigenvalue weighted by Gasteiger charge is 2.27. The predicted octanol–water partition coefficient (Wildman–Crippen LogP) is 2.15. The number of hydrogen-bond acceptors (Lipinski definition) is 5. The number of hydrogen-bond donors (Lipinski definition) is 1. The summed E-state index contributed by atoms with van der Waals surface area (Å²) in [6, 6.07) is 1.70. The van der Waals surface area contributed by atoms with E-state index in [2.05, 4.69) is 19.2 Å². The molecule has 0 amide bonds. The maximum atomic E-state index is 12.0. The quantitative estimate of drug-likeness (QED) is 0.642. The Hall–Kier alpha value is -0.910. The Kier molecular flexibility index (Phi) is 5.36. The zero-order chi connectivity index (χ0) is 13.7. The summed E-state index contributed by atoms with van der Waals surface area (Å²) in [5.41, 5.74) is 1.07. The van der Waals surface area contributed by atoms with E-state index in [1.54, 1.807) is 11.3 Å². The minimum absolute atomic E-state index is 0.201. The van der Waals surface area contributed by atoms with Crippen molar-refractivity contribution in [3.63, 3.8) is 0 Å². The molecule has 0 aliphatic carbocycles. The molecule has 1 unspecified atom stereocenters. The fourth-order valence-electron chi connectivity index (χ4n) is 2.06. The molecular formula is C14H21NO3S. The molecule has 1 aliphatic rings. The molecule has 0 spiro atoms. The average molecular weight is 283 g/mol. The monoisotopic (exact) mass is 283 g/mol. The molecule has 2 rings (SSSR count). The van der Waals surface area contributed by atoms with Gasteiger partial charge in [0.2, 0.25) is 0 Å². The molecule has 1 atom stereocenters. The third-order valence-corrected chi connectivity index (χ3v) is 3.95. The average Bonchev–Trinajstić information content (AvgIpc) is 2.85. The van der Waals surface area contributed by atoms with Crippen LogP contribution in [0.3, 0.4) is 0 Å². The summed E-state index contributed by atoms with van der Waals surface area (Å²) < 4.78 is 10.7. The lowest BCUT2D eigenvalue weighted by molar-refractivity contribution is -0.148. The molecule has 0 bridgehead atoms. The summed E-state index contributed by atoms with van der Waals surface area (Å²) in [4.78, 5) is 13.3. The van der Waals surface area contributed by atoms with Crippen LogP contribution < -0.4 is 5.32 Å². The topological polar surface area (TPSA) is 47.6 Å². The van der Waals surface area contributed by atoms with Gasteiger partial charge in [-0.05, 0) is 29.3 Å². The SMILES string of the molecule is CC(C)COCCOC(=O)C1NCCc2sccc21. The van der Waals surface area contributed by atoms with Gasteiger partial charge in [-0.2, -0.15) is 0 Å². The van der Waals surface area contributed by atoms with Crippen molar-refractivity contribution in [3.05, 3.63) is 21.9 Å². The maximum absolute atomic E-state index is 12.0. The van der Waals surface area contributed by atoms with Crippen molar-refractivity contribution in [1.29, 1.82) is 0 Å². The van der Waals surface area contributed by atoms with Crippen LogP contribution in [0.1, 0.15) is 30.3 Å². The van der Waals surface area contributed by atoms with E-state index in [4.69, 9.17) is 9.47 Å². The van der Waals surface area contributed by atoms with Gasteiger partial charge >= 0.3 is 5.97 Å². The second-order valence-corrected chi connectivity index (χ2v) is 6.07. The van der Waals surface area contributed by atoms with Crippen LogP contribution in [0.5, 0.6) is 0 Å². The van der Waals surface area contributed by atoms with Crippen molar-refractivity contribution in [2.24, 2.45) is 5.92 Å². The molecule has 2 heterocycles. The van der Waals surface area contributed by atoms with E-state index in [-0.39, 0.29) is 12.0 Å². The Morgan fingerprint density at radius 3 is 3.16 bits per heavy atom. The van der Waals surface area contributed by atoms with Crippen molar-refractivity contribution in [2.75, 3.05) is 26.4 Å². The van der Waals surface area contributed by atoms with Gasteiger partial charge in [0.05, 0.1) is 6.61 Å².